The van der Waals surface area contributed by atoms with Gasteiger partial charge in [-0.05, 0) is 61.0 Å². The maximum atomic E-state index is 13.5. The molecule has 4 aromatic rings. The Morgan fingerprint density at radius 2 is 1.57 bits per heavy atom. The van der Waals surface area contributed by atoms with E-state index in [1.807, 2.05) is 92.8 Å². The molecule has 0 radical (unpaired) electrons. The van der Waals surface area contributed by atoms with E-state index in [1.165, 1.54) is 11.1 Å². The van der Waals surface area contributed by atoms with Crippen molar-refractivity contribution in [1.82, 2.24) is 10.2 Å². The number of anilines is 1. The Hall–Kier alpha value is -4.68. The van der Waals surface area contributed by atoms with Crippen LogP contribution in [0.25, 0.3) is 6.08 Å². The number of benzene rings is 4. The maximum Gasteiger partial charge on any atom is 0.294 e. The number of fused-ring (bicyclic) bond motifs is 1. The molecule has 0 unspecified atom stereocenters. The number of likely N-dealkylation sites (N-methyl/N-ethyl adjacent to an activating group) is 1. The molecule has 40 heavy (non-hydrogen) atoms. The summed E-state index contributed by atoms with van der Waals surface area (Å²) in [4.78, 5) is 30.1. The van der Waals surface area contributed by atoms with Gasteiger partial charge in [0, 0.05) is 25.2 Å². The molecule has 0 saturated heterocycles. The molecular weight excluding hydrogens is 498 g/mol. The van der Waals surface area contributed by atoms with Crippen LogP contribution >= 0.6 is 0 Å². The van der Waals surface area contributed by atoms with Crippen LogP contribution in [0.15, 0.2) is 109 Å². The van der Waals surface area contributed by atoms with Crippen LogP contribution in [0.4, 0.5) is 5.69 Å². The van der Waals surface area contributed by atoms with Gasteiger partial charge in [-0.2, -0.15) is 0 Å². The second-order valence-corrected chi connectivity index (χ2v) is 10.1. The van der Waals surface area contributed by atoms with Gasteiger partial charge < -0.3 is 15.0 Å². The zero-order valence-corrected chi connectivity index (χ0v) is 22.8. The van der Waals surface area contributed by atoms with E-state index in [2.05, 4.69) is 22.3 Å². The van der Waals surface area contributed by atoms with Gasteiger partial charge in [0.25, 0.3) is 11.8 Å². The molecule has 0 saturated carbocycles. The Bertz CT molecular complexity index is 1500. The van der Waals surface area contributed by atoms with Crippen LogP contribution in [0.3, 0.4) is 0 Å². The third-order valence-electron chi connectivity index (χ3n) is 6.84. The lowest BCUT2D eigenvalue weighted by molar-refractivity contribution is -0.117. The van der Waals surface area contributed by atoms with Gasteiger partial charge in [0.2, 0.25) is 0 Å². The second-order valence-electron chi connectivity index (χ2n) is 10.1. The number of amides is 2. The predicted molar refractivity (Wildman–Crippen MR) is 159 cm³/mol. The number of carbonyl (C=O) groups excluding carboxylic acids is 2. The minimum absolute atomic E-state index is 0.129. The average molecular weight is 532 g/mol. The molecule has 0 atom stereocenters. The molecular formula is C34H33N3O3. The minimum atomic E-state index is -0.208. The molecule has 6 nitrogen and oxygen atoms in total. The first-order valence-electron chi connectivity index (χ1n) is 13.4. The van der Waals surface area contributed by atoms with Crippen molar-refractivity contribution in [2.24, 2.45) is 0 Å². The molecule has 5 rings (SSSR count). The number of ether oxygens (including phenoxy) is 1. The van der Waals surface area contributed by atoms with Crippen LogP contribution in [-0.4, -0.2) is 36.9 Å². The van der Waals surface area contributed by atoms with Crippen LogP contribution in [0.5, 0.6) is 5.75 Å². The molecule has 0 fully saturated rings. The van der Waals surface area contributed by atoms with Crippen molar-refractivity contribution in [2.45, 2.75) is 20.0 Å². The number of aryl methyl sites for hydroxylation is 1. The molecule has 6 heteroatoms. The molecule has 0 spiro atoms. The fourth-order valence-corrected chi connectivity index (χ4v) is 4.61. The molecule has 1 aliphatic heterocycles. The lowest BCUT2D eigenvalue weighted by Crippen LogP contribution is -2.36. The van der Waals surface area contributed by atoms with Crippen molar-refractivity contribution in [3.63, 3.8) is 0 Å². The predicted octanol–water partition coefficient (Wildman–Crippen LogP) is 5.82. The Labute approximate surface area is 235 Å². The minimum Gasteiger partial charge on any atom is -0.449 e. The summed E-state index contributed by atoms with van der Waals surface area (Å²) >= 11 is 0. The number of rotatable bonds is 9. The summed E-state index contributed by atoms with van der Waals surface area (Å²) in [6, 6.07) is 33.1. The quantitative estimate of drug-likeness (QED) is 0.276. The number of nitrogens with one attached hydrogen (secondary N) is 1. The first kappa shape index (κ1) is 26.9. The molecule has 1 aliphatic rings. The molecule has 0 bridgehead atoms. The average Bonchev–Trinajstić information content (AvgIpc) is 2.97. The topological polar surface area (TPSA) is 61.9 Å². The summed E-state index contributed by atoms with van der Waals surface area (Å²) in [6.45, 7) is 4.60. The first-order valence-corrected chi connectivity index (χ1v) is 13.4. The van der Waals surface area contributed by atoms with Crippen LogP contribution in [0.1, 0.15) is 32.6 Å². The molecule has 0 aromatic heterocycles. The van der Waals surface area contributed by atoms with E-state index in [0.717, 1.165) is 29.9 Å². The van der Waals surface area contributed by atoms with Crippen molar-refractivity contribution in [2.75, 3.05) is 25.0 Å². The van der Waals surface area contributed by atoms with Crippen LogP contribution in [0.2, 0.25) is 0 Å². The van der Waals surface area contributed by atoms with Gasteiger partial charge in [0.1, 0.15) is 0 Å². The SMILES string of the molecule is Cc1ccc(CN2C(=O)C(=Cc3ccc(C(=O)NCCN(C)Cc4ccccc4)cc3)Oc3ccccc32)cc1. The van der Waals surface area contributed by atoms with Crippen molar-refractivity contribution >= 4 is 23.6 Å². The maximum absolute atomic E-state index is 13.5. The van der Waals surface area contributed by atoms with E-state index >= 15 is 0 Å². The Morgan fingerprint density at radius 3 is 2.33 bits per heavy atom. The normalized spacial score (nSPS) is 13.7. The zero-order chi connectivity index (χ0) is 27.9. The highest BCUT2D eigenvalue weighted by atomic mass is 16.5. The summed E-state index contributed by atoms with van der Waals surface area (Å²) in [6.07, 6.45) is 1.72. The second kappa shape index (κ2) is 12.5. The lowest BCUT2D eigenvalue weighted by atomic mass is 10.1. The van der Waals surface area contributed by atoms with Crippen molar-refractivity contribution in [3.05, 3.63) is 137 Å². The highest BCUT2D eigenvalue weighted by Gasteiger charge is 2.30. The van der Waals surface area contributed by atoms with Gasteiger partial charge in [-0.25, -0.2) is 0 Å². The number of carbonyl (C=O) groups is 2. The van der Waals surface area contributed by atoms with E-state index in [9.17, 15) is 9.59 Å². The van der Waals surface area contributed by atoms with Crippen molar-refractivity contribution in [1.29, 1.82) is 0 Å². The first-order chi connectivity index (χ1) is 19.5. The van der Waals surface area contributed by atoms with Gasteiger partial charge in [-0.1, -0.05) is 84.4 Å². The highest BCUT2D eigenvalue weighted by Crippen LogP contribution is 2.36. The molecule has 1 heterocycles. The summed E-state index contributed by atoms with van der Waals surface area (Å²) in [7, 11) is 2.04. The summed E-state index contributed by atoms with van der Waals surface area (Å²) < 4.78 is 6.02. The largest absolute Gasteiger partial charge is 0.449 e. The summed E-state index contributed by atoms with van der Waals surface area (Å²) in [5, 5.41) is 2.99. The van der Waals surface area contributed by atoms with Crippen molar-refractivity contribution < 1.29 is 14.3 Å². The van der Waals surface area contributed by atoms with Gasteiger partial charge in [0.15, 0.2) is 11.5 Å². The van der Waals surface area contributed by atoms with Gasteiger partial charge in [-0.3, -0.25) is 14.5 Å². The fourth-order valence-electron chi connectivity index (χ4n) is 4.61. The van der Waals surface area contributed by atoms with E-state index in [4.69, 9.17) is 4.74 Å². The molecule has 4 aromatic carbocycles. The van der Waals surface area contributed by atoms with Crippen LogP contribution in [-0.2, 0) is 17.9 Å². The summed E-state index contributed by atoms with van der Waals surface area (Å²) in [5.41, 5.74) is 5.53. The molecule has 0 aliphatic carbocycles. The monoisotopic (exact) mass is 531 g/mol. The van der Waals surface area contributed by atoms with E-state index < -0.39 is 0 Å². The molecule has 2 amide bonds. The fraction of sp³-hybridized carbons (Fsp3) is 0.176. The number of hydrogen-bond acceptors (Lipinski definition) is 4. The zero-order valence-electron chi connectivity index (χ0n) is 22.8. The summed E-state index contributed by atoms with van der Waals surface area (Å²) in [5.74, 6) is 0.536. The Balaban J connectivity index is 1.23. The highest BCUT2D eigenvalue weighted by molar-refractivity contribution is 6.09. The third-order valence-corrected chi connectivity index (χ3v) is 6.84. The smallest absolute Gasteiger partial charge is 0.294 e. The van der Waals surface area contributed by atoms with Gasteiger partial charge in [0.05, 0.1) is 12.2 Å². The van der Waals surface area contributed by atoms with E-state index in [0.29, 0.717) is 24.4 Å². The Morgan fingerprint density at radius 1 is 0.875 bits per heavy atom. The van der Waals surface area contributed by atoms with Gasteiger partial charge in [-0.15, -0.1) is 0 Å². The lowest BCUT2D eigenvalue weighted by Gasteiger charge is -2.30. The van der Waals surface area contributed by atoms with Gasteiger partial charge >= 0.3 is 0 Å². The molecule has 202 valence electrons. The molecule has 1 N–H and O–H groups in total. The van der Waals surface area contributed by atoms with Crippen molar-refractivity contribution in [3.8, 4) is 5.75 Å². The number of hydrogen-bond donors (Lipinski definition) is 1. The standard InChI is InChI=1S/C34H33N3O3/c1-25-12-14-28(15-13-25)24-37-30-10-6-7-11-31(30)40-32(34(37)39)22-26-16-18-29(19-17-26)33(38)35-20-21-36(2)23-27-8-4-3-5-9-27/h3-19,22H,20-21,23-24H2,1-2H3,(H,35,38). The Kier molecular flexibility index (Phi) is 8.38. The van der Waals surface area contributed by atoms with Crippen LogP contribution < -0.4 is 15.0 Å². The number of nitrogens with zero attached hydrogens (tertiary/aromatic N) is 2. The third kappa shape index (κ3) is 6.65. The van der Waals surface area contributed by atoms with E-state index in [1.54, 1.807) is 23.1 Å². The van der Waals surface area contributed by atoms with E-state index in [-0.39, 0.29) is 17.6 Å². The van der Waals surface area contributed by atoms with Crippen LogP contribution in [0, 0.1) is 6.92 Å². The number of para-hydroxylation sites is 2.